The molecule has 4 nitrogen and oxygen atoms in total. The minimum absolute atomic E-state index is 0.0119. The number of ether oxygens (including phenoxy) is 1. The van der Waals surface area contributed by atoms with Crippen molar-refractivity contribution in [1.29, 1.82) is 0 Å². The van der Waals surface area contributed by atoms with Crippen LogP contribution in [0.15, 0.2) is 18.2 Å². The van der Waals surface area contributed by atoms with Crippen molar-refractivity contribution in [2.24, 2.45) is 5.92 Å². The molecule has 1 fully saturated rings. The molecule has 21 heavy (non-hydrogen) atoms. The Labute approximate surface area is 130 Å². The topological polar surface area (TPSA) is 64.3 Å². The Balaban J connectivity index is 1.72. The zero-order valence-electron chi connectivity index (χ0n) is 12.6. The molecule has 0 bridgehead atoms. The molecule has 1 saturated carbocycles. The molecule has 0 unspecified atom stereocenters. The zero-order valence-corrected chi connectivity index (χ0v) is 13.4. The lowest BCUT2D eigenvalue weighted by Crippen LogP contribution is -2.13. The van der Waals surface area contributed by atoms with Gasteiger partial charge in [0.25, 0.3) is 0 Å². The molecule has 1 aromatic rings. The van der Waals surface area contributed by atoms with E-state index in [1.165, 1.54) is 31.4 Å². The molecule has 116 valence electrons. The van der Waals surface area contributed by atoms with Crippen LogP contribution in [0.2, 0.25) is 0 Å². The fourth-order valence-electron chi connectivity index (χ4n) is 2.63. The van der Waals surface area contributed by atoms with Crippen LogP contribution in [0.1, 0.15) is 32.1 Å². The second-order valence-corrected chi connectivity index (χ2v) is 6.63. The standard InChI is InChI=1S/C16H24N2O2S/c1-20-15-7-6-13(17)10-14(15)18-16(19)8-9-21-11-12-4-2-3-5-12/h6-7,10,12H,2-5,8-9,11,17H2,1H3,(H,18,19). The predicted molar refractivity (Wildman–Crippen MR) is 89.9 cm³/mol. The van der Waals surface area contributed by atoms with Gasteiger partial charge in [0.1, 0.15) is 5.75 Å². The van der Waals surface area contributed by atoms with E-state index in [-0.39, 0.29) is 5.91 Å². The molecule has 1 aromatic carbocycles. The zero-order chi connectivity index (χ0) is 15.1. The molecule has 0 aliphatic heterocycles. The van der Waals surface area contributed by atoms with E-state index in [9.17, 15) is 4.79 Å². The monoisotopic (exact) mass is 308 g/mol. The average molecular weight is 308 g/mol. The first-order valence-corrected chi connectivity index (χ1v) is 8.65. The molecule has 0 radical (unpaired) electrons. The Morgan fingerprint density at radius 3 is 2.90 bits per heavy atom. The first-order valence-electron chi connectivity index (χ1n) is 7.50. The van der Waals surface area contributed by atoms with Crippen LogP contribution >= 0.6 is 11.8 Å². The van der Waals surface area contributed by atoms with Gasteiger partial charge in [-0.25, -0.2) is 0 Å². The third-order valence-electron chi connectivity index (χ3n) is 3.80. The van der Waals surface area contributed by atoms with Gasteiger partial charge < -0.3 is 15.8 Å². The summed E-state index contributed by atoms with van der Waals surface area (Å²) in [5.74, 6) is 3.57. The molecule has 0 aromatic heterocycles. The highest BCUT2D eigenvalue weighted by Gasteiger charge is 2.15. The van der Waals surface area contributed by atoms with E-state index < -0.39 is 0 Å². The number of nitrogens with one attached hydrogen (secondary N) is 1. The molecule has 0 atom stereocenters. The number of rotatable bonds is 7. The lowest BCUT2D eigenvalue weighted by Gasteiger charge is -2.11. The normalized spacial score (nSPS) is 15.1. The van der Waals surface area contributed by atoms with Gasteiger partial charge in [0.15, 0.2) is 0 Å². The molecular formula is C16H24N2O2S. The fraction of sp³-hybridized carbons (Fsp3) is 0.562. The van der Waals surface area contributed by atoms with Crippen LogP contribution < -0.4 is 15.8 Å². The highest BCUT2D eigenvalue weighted by Crippen LogP contribution is 2.29. The summed E-state index contributed by atoms with van der Waals surface area (Å²) in [5.41, 5.74) is 6.99. The van der Waals surface area contributed by atoms with Gasteiger partial charge in [-0.15, -0.1) is 0 Å². The van der Waals surface area contributed by atoms with Crippen molar-refractivity contribution in [1.82, 2.24) is 0 Å². The van der Waals surface area contributed by atoms with Crippen LogP contribution in [0.5, 0.6) is 5.75 Å². The van der Waals surface area contributed by atoms with Gasteiger partial charge in [0, 0.05) is 17.9 Å². The highest BCUT2D eigenvalue weighted by molar-refractivity contribution is 7.99. The molecule has 0 heterocycles. The van der Waals surface area contributed by atoms with Crippen LogP contribution in [-0.2, 0) is 4.79 Å². The number of benzene rings is 1. The maximum atomic E-state index is 12.0. The SMILES string of the molecule is COc1ccc(N)cc1NC(=O)CCSCC1CCCC1. The van der Waals surface area contributed by atoms with Gasteiger partial charge >= 0.3 is 0 Å². The van der Waals surface area contributed by atoms with Gasteiger partial charge in [-0.1, -0.05) is 12.8 Å². The number of hydrogen-bond donors (Lipinski definition) is 2. The van der Waals surface area contributed by atoms with Crippen molar-refractivity contribution < 1.29 is 9.53 Å². The third kappa shape index (κ3) is 5.16. The number of thioether (sulfide) groups is 1. The summed E-state index contributed by atoms with van der Waals surface area (Å²) in [4.78, 5) is 12.0. The lowest BCUT2D eigenvalue weighted by molar-refractivity contribution is -0.115. The molecule has 3 N–H and O–H groups in total. The van der Waals surface area contributed by atoms with Crippen LogP contribution in [0.4, 0.5) is 11.4 Å². The fourth-order valence-corrected chi connectivity index (χ4v) is 3.79. The van der Waals surface area contributed by atoms with Crippen molar-refractivity contribution in [3.05, 3.63) is 18.2 Å². The summed E-state index contributed by atoms with van der Waals surface area (Å²) in [6, 6.07) is 5.24. The number of carbonyl (C=O) groups excluding carboxylic acids is 1. The molecule has 2 rings (SSSR count). The Hall–Kier alpha value is -1.36. The van der Waals surface area contributed by atoms with Crippen molar-refractivity contribution in [2.75, 3.05) is 29.7 Å². The quantitative estimate of drug-likeness (QED) is 0.597. The molecule has 1 aliphatic rings. The summed E-state index contributed by atoms with van der Waals surface area (Å²) in [6.45, 7) is 0. The Kier molecular flexibility index (Phi) is 6.23. The average Bonchev–Trinajstić information content (AvgIpc) is 2.97. The molecule has 0 spiro atoms. The van der Waals surface area contributed by atoms with E-state index in [1.807, 2.05) is 11.8 Å². The number of methoxy groups -OCH3 is 1. The number of nitrogens with two attached hydrogens (primary N) is 1. The molecule has 1 amide bonds. The maximum absolute atomic E-state index is 12.0. The summed E-state index contributed by atoms with van der Waals surface area (Å²) in [7, 11) is 1.58. The second-order valence-electron chi connectivity index (χ2n) is 5.48. The van der Waals surface area contributed by atoms with Gasteiger partial charge in [-0.2, -0.15) is 11.8 Å². The summed E-state index contributed by atoms with van der Waals surface area (Å²) < 4.78 is 5.22. The number of anilines is 2. The second kappa shape index (κ2) is 8.17. The molecule has 5 heteroatoms. The van der Waals surface area contributed by atoms with Crippen LogP contribution in [-0.4, -0.2) is 24.5 Å². The largest absolute Gasteiger partial charge is 0.495 e. The van der Waals surface area contributed by atoms with Gasteiger partial charge in [0.2, 0.25) is 5.91 Å². The van der Waals surface area contributed by atoms with Gasteiger partial charge in [0.05, 0.1) is 12.8 Å². The van der Waals surface area contributed by atoms with Crippen molar-refractivity contribution in [3.63, 3.8) is 0 Å². The predicted octanol–water partition coefficient (Wildman–Crippen LogP) is 3.53. The summed E-state index contributed by atoms with van der Waals surface area (Å²) in [5, 5.41) is 2.87. The smallest absolute Gasteiger partial charge is 0.225 e. The van der Waals surface area contributed by atoms with Crippen LogP contribution in [0.25, 0.3) is 0 Å². The molecular weight excluding hydrogens is 284 g/mol. The highest BCUT2D eigenvalue weighted by atomic mass is 32.2. The van der Waals surface area contributed by atoms with Crippen molar-refractivity contribution in [3.8, 4) is 5.75 Å². The summed E-state index contributed by atoms with van der Waals surface area (Å²) >= 11 is 1.89. The number of hydrogen-bond acceptors (Lipinski definition) is 4. The van der Waals surface area contributed by atoms with Crippen molar-refractivity contribution >= 4 is 29.0 Å². The minimum Gasteiger partial charge on any atom is -0.495 e. The first-order chi connectivity index (χ1) is 10.2. The van der Waals surface area contributed by atoms with Crippen LogP contribution in [0, 0.1) is 5.92 Å². The first kappa shape index (κ1) is 16.0. The molecule has 0 saturated heterocycles. The van der Waals surface area contributed by atoms with E-state index in [4.69, 9.17) is 10.5 Å². The Bertz CT molecular complexity index is 473. The number of carbonyl (C=O) groups is 1. The summed E-state index contributed by atoms with van der Waals surface area (Å²) in [6.07, 6.45) is 6.00. The molecule has 1 aliphatic carbocycles. The van der Waals surface area contributed by atoms with Crippen molar-refractivity contribution in [2.45, 2.75) is 32.1 Å². The third-order valence-corrected chi connectivity index (χ3v) is 5.00. The number of nitrogen functional groups attached to an aromatic ring is 1. The van der Waals surface area contributed by atoms with Gasteiger partial charge in [-0.05, 0) is 42.7 Å². The van der Waals surface area contributed by atoms with E-state index in [1.54, 1.807) is 25.3 Å². The van der Waals surface area contributed by atoms with E-state index >= 15 is 0 Å². The van der Waals surface area contributed by atoms with Crippen LogP contribution in [0.3, 0.4) is 0 Å². The number of amides is 1. The lowest BCUT2D eigenvalue weighted by atomic mass is 10.1. The van der Waals surface area contributed by atoms with E-state index in [2.05, 4.69) is 5.32 Å². The Morgan fingerprint density at radius 2 is 2.19 bits per heavy atom. The maximum Gasteiger partial charge on any atom is 0.225 e. The van der Waals surface area contributed by atoms with E-state index in [0.29, 0.717) is 23.5 Å². The van der Waals surface area contributed by atoms with Gasteiger partial charge in [-0.3, -0.25) is 4.79 Å². The Morgan fingerprint density at radius 1 is 1.43 bits per heavy atom. The minimum atomic E-state index is 0.0119. The van der Waals surface area contributed by atoms with E-state index in [0.717, 1.165) is 11.7 Å².